The van der Waals surface area contributed by atoms with E-state index in [9.17, 15) is 9.59 Å². The molecule has 0 aliphatic heterocycles. The first-order chi connectivity index (χ1) is 18.9. The molecule has 0 bridgehead atoms. The summed E-state index contributed by atoms with van der Waals surface area (Å²) in [5.74, 6) is -2.23. The first kappa shape index (κ1) is 37.2. The number of hydrogen-bond donors (Lipinski definition) is 8. The van der Waals surface area contributed by atoms with Gasteiger partial charge in [0.05, 0.1) is 35.7 Å². The number of carboxylic acid groups (broad SMARTS) is 2. The van der Waals surface area contributed by atoms with Crippen LogP contribution in [0, 0.1) is 0 Å². The lowest BCUT2D eigenvalue weighted by Crippen LogP contribution is -2.49. The smallest absolute Gasteiger partial charge is 0.335 e. The Hall–Kier alpha value is -2.82. The standard InChI is InChI=1S/2C9H13ClN2O.C6H10O8/c2*1-11-3-2-4-13-9-5-8(10)6-12-7-9;7-1(3(9)5(11)12)2(8)4(10)6(13)14/h2*5-7,11H,2-4H2,1H3;1-4,7-10H,(H,11,12)(H,13,14)/t;;1-,2+,3+,4-. The van der Waals surface area contributed by atoms with Gasteiger partial charge in [0.2, 0.25) is 0 Å². The molecule has 2 aromatic heterocycles. The van der Waals surface area contributed by atoms with Gasteiger partial charge in [-0.1, -0.05) is 23.2 Å². The van der Waals surface area contributed by atoms with Crippen molar-refractivity contribution in [1.82, 2.24) is 20.6 Å². The second-order valence-electron chi connectivity index (χ2n) is 7.84. The van der Waals surface area contributed by atoms with Crippen molar-refractivity contribution in [2.75, 3.05) is 40.4 Å². The van der Waals surface area contributed by atoms with Gasteiger partial charge in [-0.3, -0.25) is 9.97 Å². The largest absolute Gasteiger partial charge is 0.492 e. The molecule has 0 aliphatic carbocycles. The van der Waals surface area contributed by atoms with E-state index in [0.717, 1.165) is 37.4 Å². The summed E-state index contributed by atoms with van der Waals surface area (Å²) in [6, 6.07) is 3.52. The van der Waals surface area contributed by atoms with Crippen molar-refractivity contribution in [3.63, 3.8) is 0 Å². The van der Waals surface area contributed by atoms with Crippen LogP contribution in [-0.2, 0) is 9.59 Å². The van der Waals surface area contributed by atoms with Gasteiger partial charge in [0.1, 0.15) is 23.7 Å². The molecule has 0 unspecified atom stereocenters. The molecule has 16 heteroatoms. The summed E-state index contributed by atoms with van der Waals surface area (Å²) < 4.78 is 10.8. The third kappa shape index (κ3) is 17.0. The number of aromatic nitrogens is 2. The molecule has 2 heterocycles. The normalized spacial score (nSPS) is 13.3. The zero-order valence-corrected chi connectivity index (χ0v) is 23.5. The van der Waals surface area contributed by atoms with Crippen molar-refractivity contribution in [3.05, 3.63) is 47.0 Å². The fourth-order valence-corrected chi connectivity index (χ4v) is 2.81. The molecule has 0 saturated carbocycles. The highest BCUT2D eigenvalue weighted by molar-refractivity contribution is 6.30. The van der Waals surface area contributed by atoms with E-state index < -0.39 is 36.4 Å². The molecular weight excluding hydrogens is 575 g/mol. The minimum absolute atomic E-state index is 0.603. The van der Waals surface area contributed by atoms with Crippen LogP contribution in [0.15, 0.2) is 36.9 Å². The second kappa shape index (κ2) is 21.9. The zero-order chi connectivity index (χ0) is 30.5. The number of nitrogens with one attached hydrogen (secondary N) is 2. The Balaban J connectivity index is 0.000000571. The Morgan fingerprint density at radius 1 is 0.750 bits per heavy atom. The van der Waals surface area contributed by atoms with Crippen LogP contribution in [0.1, 0.15) is 12.8 Å². The lowest BCUT2D eigenvalue weighted by Gasteiger charge is -2.21. The molecule has 40 heavy (non-hydrogen) atoms. The predicted molar refractivity (Wildman–Crippen MR) is 146 cm³/mol. The quantitative estimate of drug-likeness (QED) is 0.125. The Bertz CT molecular complexity index is 915. The van der Waals surface area contributed by atoms with Crippen molar-refractivity contribution in [3.8, 4) is 11.5 Å². The Morgan fingerprint density at radius 3 is 1.38 bits per heavy atom. The van der Waals surface area contributed by atoms with Gasteiger partial charge >= 0.3 is 11.9 Å². The summed E-state index contributed by atoms with van der Waals surface area (Å²) in [5.41, 5.74) is 0. The first-order valence-electron chi connectivity index (χ1n) is 11.9. The fraction of sp³-hybridized carbons (Fsp3) is 0.500. The number of carbonyl (C=O) groups is 2. The van der Waals surface area contributed by atoms with E-state index in [1.807, 2.05) is 14.1 Å². The number of aliphatic hydroxyl groups is 4. The number of pyridine rings is 2. The Morgan fingerprint density at radius 2 is 1.10 bits per heavy atom. The molecule has 0 amide bonds. The summed E-state index contributed by atoms with van der Waals surface area (Å²) in [6.07, 6.45) is -0.845. The molecule has 0 aliphatic rings. The van der Waals surface area contributed by atoms with Gasteiger partial charge in [-0.05, 0) is 40.0 Å². The summed E-state index contributed by atoms with van der Waals surface area (Å²) >= 11 is 11.5. The van der Waals surface area contributed by atoms with Crippen molar-refractivity contribution in [2.24, 2.45) is 0 Å². The Labute approximate surface area is 241 Å². The minimum Gasteiger partial charge on any atom is -0.492 e. The van der Waals surface area contributed by atoms with Crippen LogP contribution in [0.5, 0.6) is 11.5 Å². The van der Waals surface area contributed by atoms with Crippen LogP contribution in [0.4, 0.5) is 0 Å². The van der Waals surface area contributed by atoms with Gasteiger partial charge in [0.25, 0.3) is 0 Å². The molecule has 4 atom stereocenters. The van der Waals surface area contributed by atoms with E-state index in [0.29, 0.717) is 23.3 Å². The zero-order valence-electron chi connectivity index (χ0n) is 22.0. The van der Waals surface area contributed by atoms with E-state index >= 15 is 0 Å². The maximum absolute atomic E-state index is 10.1. The summed E-state index contributed by atoms with van der Waals surface area (Å²) in [4.78, 5) is 28.0. The van der Waals surface area contributed by atoms with Crippen LogP contribution in [0.25, 0.3) is 0 Å². The highest BCUT2D eigenvalue weighted by Crippen LogP contribution is 2.15. The minimum atomic E-state index is -2.36. The number of rotatable bonds is 15. The van der Waals surface area contributed by atoms with Gasteiger partial charge in [-0.25, -0.2) is 9.59 Å². The van der Waals surface area contributed by atoms with E-state index in [2.05, 4.69) is 20.6 Å². The number of halogens is 2. The van der Waals surface area contributed by atoms with Crippen molar-refractivity contribution < 1.29 is 49.7 Å². The molecule has 226 valence electrons. The lowest BCUT2D eigenvalue weighted by molar-refractivity contribution is -0.172. The molecule has 0 saturated heterocycles. The molecule has 8 N–H and O–H groups in total. The van der Waals surface area contributed by atoms with Gasteiger partial charge in [-0.15, -0.1) is 0 Å². The molecular formula is C24H36Cl2N4O10. The average Bonchev–Trinajstić information content (AvgIpc) is 2.92. The second-order valence-corrected chi connectivity index (χ2v) is 8.71. The average molecular weight is 611 g/mol. The third-order valence-corrected chi connectivity index (χ3v) is 4.96. The topological polar surface area (TPSA) is 224 Å². The van der Waals surface area contributed by atoms with Crippen LogP contribution in [0.3, 0.4) is 0 Å². The van der Waals surface area contributed by atoms with Gasteiger partial charge in [-0.2, -0.15) is 0 Å². The number of aliphatic carboxylic acids is 2. The van der Waals surface area contributed by atoms with Crippen LogP contribution >= 0.6 is 23.2 Å². The Kier molecular flexibility index (Phi) is 20.4. The number of carboxylic acids is 2. The number of nitrogens with zero attached hydrogens (tertiary/aromatic N) is 2. The fourth-order valence-electron chi connectivity index (χ4n) is 2.49. The highest BCUT2D eigenvalue weighted by Gasteiger charge is 2.37. The molecule has 14 nitrogen and oxygen atoms in total. The van der Waals surface area contributed by atoms with Gasteiger partial charge in [0, 0.05) is 24.5 Å². The maximum Gasteiger partial charge on any atom is 0.335 e. The number of hydrogen-bond acceptors (Lipinski definition) is 12. The monoisotopic (exact) mass is 610 g/mol. The van der Waals surface area contributed by atoms with E-state index in [4.69, 9.17) is 63.3 Å². The SMILES string of the molecule is CNCCCOc1cncc(Cl)c1.CNCCCOc1cncc(Cl)c1.O=C(O)[C@@H](O)[C@H](O)[C@H](O)[C@@H](O)C(=O)O. The van der Waals surface area contributed by atoms with E-state index in [1.165, 1.54) is 0 Å². The lowest BCUT2D eigenvalue weighted by atomic mass is 10.0. The van der Waals surface area contributed by atoms with Crippen LogP contribution in [0.2, 0.25) is 10.0 Å². The molecule has 0 spiro atoms. The molecule has 2 aromatic rings. The van der Waals surface area contributed by atoms with E-state index in [1.54, 1.807) is 36.9 Å². The molecule has 0 fully saturated rings. The molecule has 0 radical (unpaired) electrons. The van der Waals surface area contributed by atoms with Crippen molar-refractivity contribution in [1.29, 1.82) is 0 Å². The summed E-state index contributed by atoms with van der Waals surface area (Å²) in [7, 11) is 3.84. The number of aliphatic hydroxyl groups excluding tert-OH is 4. The highest BCUT2D eigenvalue weighted by atomic mass is 35.5. The summed E-state index contributed by atoms with van der Waals surface area (Å²) in [6.45, 7) is 3.27. The van der Waals surface area contributed by atoms with Gasteiger partial charge in [0.15, 0.2) is 12.2 Å². The van der Waals surface area contributed by atoms with Crippen molar-refractivity contribution >= 4 is 35.1 Å². The van der Waals surface area contributed by atoms with Gasteiger partial charge < -0.3 is 50.7 Å². The molecule has 2 rings (SSSR count). The first-order valence-corrected chi connectivity index (χ1v) is 12.6. The maximum atomic E-state index is 10.1. The predicted octanol–water partition coefficient (Wildman–Crippen LogP) is 0.0458. The third-order valence-electron chi connectivity index (χ3n) is 4.54. The van der Waals surface area contributed by atoms with Crippen LogP contribution in [-0.4, -0.2) is 117 Å². The molecule has 0 aromatic carbocycles. The number of ether oxygens (including phenoxy) is 2. The summed E-state index contributed by atoms with van der Waals surface area (Å²) in [5, 5.41) is 58.7. The van der Waals surface area contributed by atoms with E-state index in [-0.39, 0.29) is 0 Å². The van der Waals surface area contributed by atoms with Crippen molar-refractivity contribution in [2.45, 2.75) is 37.3 Å². The van der Waals surface area contributed by atoms with Crippen LogP contribution < -0.4 is 20.1 Å².